The number of hydrogen-bond acceptors (Lipinski definition) is 1. The van der Waals surface area contributed by atoms with E-state index in [9.17, 15) is 13.6 Å². The third-order valence-electron chi connectivity index (χ3n) is 4.86. The number of nitrogens with zero attached hydrogens (tertiary/aromatic N) is 1. The fraction of sp³-hybridized carbons (Fsp3) is 0.250. The Kier molecular flexibility index (Phi) is 3.99. The molecule has 1 saturated heterocycles. The number of rotatable bonds is 2. The van der Waals surface area contributed by atoms with Crippen molar-refractivity contribution < 1.29 is 13.6 Å². The molecule has 1 atom stereocenters. The van der Waals surface area contributed by atoms with Crippen LogP contribution in [0.25, 0.3) is 10.9 Å². The Hall–Kier alpha value is -2.69. The molecular formula is C20H18F2N2O. The summed E-state index contributed by atoms with van der Waals surface area (Å²) >= 11 is 0. The van der Waals surface area contributed by atoms with Crippen LogP contribution in [-0.4, -0.2) is 28.9 Å². The largest absolute Gasteiger partial charge is 0.358 e. The van der Waals surface area contributed by atoms with E-state index < -0.39 is 11.6 Å². The van der Waals surface area contributed by atoms with E-state index in [1.54, 1.807) is 4.90 Å². The van der Waals surface area contributed by atoms with Gasteiger partial charge in [0.2, 0.25) is 0 Å². The van der Waals surface area contributed by atoms with Crippen molar-refractivity contribution >= 4 is 16.8 Å². The van der Waals surface area contributed by atoms with Gasteiger partial charge in [0.15, 0.2) is 0 Å². The molecule has 1 fully saturated rings. The number of piperidine rings is 1. The summed E-state index contributed by atoms with van der Waals surface area (Å²) in [6, 6.07) is 13.3. The number of fused-ring (bicyclic) bond motifs is 1. The van der Waals surface area contributed by atoms with E-state index in [2.05, 4.69) is 17.1 Å². The number of amides is 1. The van der Waals surface area contributed by atoms with Gasteiger partial charge >= 0.3 is 0 Å². The van der Waals surface area contributed by atoms with Crippen LogP contribution in [0.3, 0.4) is 0 Å². The van der Waals surface area contributed by atoms with E-state index in [0.717, 1.165) is 41.6 Å². The summed E-state index contributed by atoms with van der Waals surface area (Å²) in [6.45, 7) is 1.12. The van der Waals surface area contributed by atoms with Gasteiger partial charge in [0, 0.05) is 36.3 Å². The summed E-state index contributed by atoms with van der Waals surface area (Å²) in [6.07, 6.45) is 1.83. The lowest BCUT2D eigenvalue weighted by molar-refractivity contribution is 0.0701. The van der Waals surface area contributed by atoms with Gasteiger partial charge < -0.3 is 9.88 Å². The van der Waals surface area contributed by atoms with Crippen LogP contribution in [0.4, 0.5) is 8.78 Å². The molecule has 0 saturated carbocycles. The first-order valence-corrected chi connectivity index (χ1v) is 8.44. The number of carbonyl (C=O) groups excluding carboxylic acids is 1. The van der Waals surface area contributed by atoms with Crippen LogP contribution < -0.4 is 0 Å². The summed E-state index contributed by atoms with van der Waals surface area (Å²) in [5.41, 5.74) is 2.10. The number of aromatic nitrogens is 1. The minimum Gasteiger partial charge on any atom is -0.358 e. The summed E-state index contributed by atoms with van der Waals surface area (Å²) in [5.74, 6) is -1.67. The minimum atomic E-state index is -0.808. The lowest BCUT2D eigenvalue weighted by Crippen LogP contribution is -2.39. The van der Waals surface area contributed by atoms with Crippen molar-refractivity contribution in [3.8, 4) is 0 Å². The lowest BCUT2D eigenvalue weighted by atomic mass is 9.94. The molecule has 1 N–H and O–H groups in total. The predicted molar refractivity (Wildman–Crippen MR) is 92.5 cm³/mol. The van der Waals surface area contributed by atoms with Crippen LogP contribution in [0.2, 0.25) is 0 Å². The predicted octanol–water partition coefficient (Wildman–Crippen LogP) is 4.47. The van der Waals surface area contributed by atoms with Gasteiger partial charge in [-0.3, -0.25) is 4.79 Å². The number of para-hydroxylation sites is 1. The van der Waals surface area contributed by atoms with Crippen molar-refractivity contribution in [2.24, 2.45) is 0 Å². The third-order valence-corrected chi connectivity index (χ3v) is 4.86. The van der Waals surface area contributed by atoms with E-state index >= 15 is 0 Å². The van der Waals surface area contributed by atoms with Crippen LogP contribution in [0.1, 0.15) is 34.8 Å². The Balaban J connectivity index is 1.57. The molecule has 0 aliphatic carbocycles. The highest BCUT2D eigenvalue weighted by Gasteiger charge is 2.27. The maximum atomic E-state index is 13.9. The Bertz CT molecular complexity index is 901. The molecule has 0 radical (unpaired) electrons. The fourth-order valence-electron chi connectivity index (χ4n) is 3.56. The molecule has 3 nitrogen and oxygen atoms in total. The van der Waals surface area contributed by atoms with Crippen molar-refractivity contribution in [3.05, 3.63) is 71.4 Å². The monoisotopic (exact) mass is 340 g/mol. The first-order valence-electron chi connectivity index (χ1n) is 8.44. The molecule has 1 aliphatic rings. The SMILES string of the molecule is O=C(c1ccc(F)cc1F)N1CCCC(c2cc3ccccc3[nH]2)C1. The van der Waals surface area contributed by atoms with Crippen LogP contribution in [0.5, 0.6) is 0 Å². The zero-order chi connectivity index (χ0) is 17.4. The van der Waals surface area contributed by atoms with E-state index in [1.165, 1.54) is 6.07 Å². The minimum absolute atomic E-state index is 0.0707. The molecule has 25 heavy (non-hydrogen) atoms. The summed E-state index contributed by atoms with van der Waals surface area (Å²) in [4.78, 5) is 17.7. The number of aromatic amines is 1. The number of halogens is 2. The molecule has 1 unspecified atom stereocenters. The highest BCUT2D eigenvalue weighted by atomic mass is 19.1. The second kappa shape index (κ2) is 6.31. The van der Waals surface area contributed by atoms with E-state index in [0.29, 0.717) is 13.1 Å². The van der Waals surface area contributed by atoms with Crippen LogP contribution in [0, 0.1) is 11.6 Å². The second-order valence-corrected chi connectivity index (χ2v) is 6.53. The number of nitrogens with one attached hydrogen (secondary N) is 1. The van der Waals surface area contributed by atoms with Gasteiger partial charge in [-0.1, -0.05) is 18.2 Å². The van der Waals surface area contributed by atoms with Gasteiger partial charge in [0.25, 0.3) is 5.91 Å². The zero-order valence-corrected chi connectivity index (χ0v) is 13.6. The number of likely N-dealkylation sites (tertiary alicyclic amines) is 1. The second-order valence-electron chi connectivity index (χ2n) is 6.53. The molecule has 128 valence electrons. The first-order chi connectivity index (χ1) is 12.1. The summed E-state index contributed by atoms with van der Waals surface area (Å²) < 4.78 is 27.0. The average molecular weight is 340 g/mol. The molecular weight excluding hydrogens is 322 g/mol. The van der Waals surface area contributed by atoms with Gasteiger partial charge in [0.1, 0.15) is 11.6 Å². The molecule has 0 bridgehead atoms. The molecule has 2 aromatic carbocycles. The quantitative estimate of drug-likeness (QED) is 0.734. The highest BCUT2D eigenvalue weighted by Crippen LogP contribution is 2.29. The number of carbonyl (C=O) groups is 1. The van der Waals surface area contributed by atoms with Crippen molar-refractivity contribution in [1.29, 1.82) is 0 Å². The van der Waals surface area contributed by atoms with E-state index in [1.807, 2.05) is 18.2 Å². The van der Waals surface area contributed by atoms with Gasteiger partial charge in [-0.2, -0.15) is 0 Å². The van der Waals surface area contributed by atoms with Gasteiger partial charge in [0.05, 0.1) is 5.56 Å². The van der Waals surface area contributed by atoms with Crippen molar-refractivity contribution in [2.45, 2.75) is 18.8 Å². The zero-order valence-electron chi connectivity index (χ0n) is 13.6. The van der Waals surface area contributed by atoms with Crippen LogP contribution >= 0.6 is 0 Å². The molecule has 3 aromatic rings. The van der Waals surface area contributed by atoms with Crippen LogP contribution in [-0.2, 0) is 0 Å². The average Bonchev–Trinajstić information content (AvgIpc) is 3.05. The molecule has 4 rings (SSSR count). The molecule has 2 heterocycles. The van der Waals surface area contributed by atoms with E-state index in [4.69, 9.17) is 0 Å². The molecule has 5 heteroatoms. The van der Waals surface area contributed by atoms with Crippen molar-refractivity contribution in [1.82, 2.24) is 9.88 Å². The Morgan fingerprint density at radius 2 is 1.96 bits per heavy atom. The molecule has 1 aliphatic heterocycles. The van der Waals surface area contributed by atoms with Gasteiger partial charge in [-0.15, -0.1) is 0 Å². The van der Waals surface area contributed by atoms with Crippen molar-refractivity contribution in [2.75, 3.05) is 13.1 Å². The lowest BCUT2D eigenvalue weighted by Gasteiger charge is -2.32. The van der Waals surface area contributed by atoms with E-state index in [-0.39, 0.29) is 17.4 Å². The van der Waals surface area contributed by atoms with Crippen LogP contribution in [0.15, 0.2) is 48.5 Å². The number of benzene rings is 2. The Morgan fingerprint density at radius 1 is 1.12 bits per heavy atom. The topological polar surface area (TPSA) is 36.1 Å². The fourth-order valence-corrected chi connectivity index (χ4v) is 3.56. The number of H-pyrrole nitrogens is 1. The molecule has 1 aromatic heterocycles. The Morgan fingerprint density at radius 3 is 2.76 bits per heavy atom. The summed E-state index contributed by atoms with van der Waals surface area (Å²) in [7, 11) is 0. The maximum absolute atomic E-state index is 13.9. The van der Waals surface area contributed by atoms with Gasteiger partial charge in [-0.05, 0) is 42.5 Å². The summed E-state index contributed by atoms with van der Waals surface area (Å²) in [5, 5.41) is 1.14. The smallest absolute Gasteiger partial charge is 0.256 e. The number of hydrogen-bond donors (Lipinski definition) is 1. The third kappa shape index (κ3) is 3.02. The molecule has 1 amide bonds. The van der Waals surface area contributed by atoms with Gasteiger partial charge in [-0.25, -0.2) is 8.78 Å². The maximum Gasteiger partial charge on any atom is 0.256 e. The normalized spacial score (nSPS) is 17.8. The first kappa shape index (κ1) is 15.8. The highest BCUT2D eigenvalue weighted by molar-refractivity contribution is 5.94. The van der Waals surface area contributed by atoms with Crippen molar-refractivity contribution in [3.63, 3.8) is 0 Å². The standard InChI is InChI=1S/C20H18F2N2O/c21-15-7-8-16(17(22)11-15)20(25)24-9-3-5-14(12-24)19-10-13-4-1-2-6-18(13)23-19/h1-2,4,6-8,10-11,14,23H,3,5,9,12H2. The molecule has 0 spiro atoms. The Labute approximate surface area is 144 Å².